The van der Waals surface area contributed by atoms with Gasteiger partial charge in [-0.3, -0.25) is 9.59 Å². The van der Waals surface area contributed by atoms with Crippen LogP contribution < -0.4 is 5.32 Å². The highest BCUT2D eigenvalue weighted by molar-refractivity contribution is 8.18. The maximum Gasteiger partial charge on any atom is 0.286 e. The first-order chi connectivity index (χ1) is 8.54. The quantitative estimate of drug-likeness (QED) is 0.787. The highest BCUT2D eigenvalue weighted by atomic mass is 32.2. The van der Waals surface area contributed by atoms with Crippen LogP contribution in [0, 0.1) is 6.92 Å². The molecule has 2 amide bonds. The van der Waals surface area contributed by atoms with Gasteiger partial charge < -0.3 is 5.32 Å². The number of nitrogens with one attached hydrogen (secondary N) is 1. The van der Waals surface area contributed by atoms with Crippen LogP contribution in [0.4, 0.5) is 0 Å². The summed E-state index contributed by atoms with van der Waals surface area (Å²) >= 11 is 1.18. The Hall–Kier alpha value is -1.88. The number of carbonyl (C=O) groups excluding carboxylic acids is 2. The highest BCUT2D eigenvalue weighted by Gasteiger charge is 2.22. The van der Waals surface area contributed by atoms with Gasteiger partial charge in [-0.2, -0.15) is 4.99 Å². The Bertz CT molecular complexity index is 576. The number of carbonyl (C=O) groups is 2. The van der Waals surface area contributed by atoms with E-state index in [1.54, 1.807) is 6.08 Å². The molecule has 18 heavy (non-hydrogen) atoms. The summed E-state index contributed by atoms with van der Waals surface area (Å²) in [5.74, 6) is -0.545. The first kappa shape index (κ1) is 12.6. The summed E-state index contributed by atoms with van der Waals surface area (Å²) in [7, 11) is 0. The second-order valence-electron chi connectivity index (χ2n) is 3.93. The standard InChI is InChI=1S/C13H12N2O2S/c1-8-4-3-5-10(6-8)7-11-12(17)15-13(18-11)14-9(2)16/h3-7H,1-2H3,(H,14,15,16,17)/b11-7-. The fraction of sp³-hybridized carbons (Fsp3) is 0.154. The van der Waals surface area contributed by atoms with Gasteiger partial charge >= 0.3 is 0 Å². The molecule has 0 spiro atoms. The number of aryl methyl sites for hydroxylation is 1. The van der Waals surface area contributed by atoms with E-state index in [1.807, 2.05) is 31.2 Å². The monoisotopic (exact) mass is 260 g/mol. The van der Waals surface area contributed by atoms with Crippen molar-refractivity contribution >= 4 is 34.8 Å². The first-order valence-electron chi connectivity index (χ1n) is 5.41. The molecule has 0 bridgehead atoms. The van der Waals surface area contributed by atoms with Crippen LogP contribution >= 0.6 is 11.8 Å². The molecule has 1 aromatic carbocycles. The van der Waals surface area contributed by atoms with Gasteiger partial charge in [-0.25, -0.2) is 0 Å². The Morgan fingerprint density at radius 2 is 2.22 bits per heavy atom. The first-order valence-corrected chi connectivity index (χ1v) is 6.23. The molecule has 0 radical (unpaired) electrons. The average Bonchev–Trinajstić information content (AvgIpc) is 2.58. The number of benzene rings is 1. The number of thioether (sulfide) groups is 1. The van der Waals surface area contributed by atoms with Crippen molar-refractivity contribution in [3.63, 3.8) is 0 Å². The third-order valence-corrected chi connectivity index (χ3v) is 3.14. The number of nitrogens with zero attached hydrogens (tertiary/aromatic N) is 1. The van der Waals surface area contributed by atoms with Gasteiger partial charge in [-0.15, -0.1) is 0 Å². The summed E-state index contributed by atoms with van der Waals surface area (Å²) in [6.45, 7) is 3.38. The molecule has 92 valence electrons. The van der Waals surface area contributed by atoms with Crippen molar-refractivity contribution in [1.29, 1.82) is 0 Å². The van der Waals surface area contributed by atoms with Gasteiger partial charge in [0, 0.05) is 6.92 Å². The molecule has 0 saturated heterocycles. The molecule has 0 saturated carbocycles. The van der Waals surface area contributed by atoms with Crippen LogP contribution in [0.3, 0.4) is 0 Å². The second-order valence-corrected chi connectivity index (χ2v) is 4.96. The average molecular weight is 260 g/mol. The molecule has 1 N–H and O–H groups in total. The van der Waals surface area contributed by atoms with E-state index in [0.717, 1.165) is 11.1 Å². The fourth-order valence-electron chi connectivity index (χ4n) is 1.52. The van der Waals surface area contributed by atoms with Crippen molar-refractivity contribution in [3.8, 4) is 0 Å². The van der Waals surface area contributed by atoms with Gasteiger partial charge in [0.15, 0.2) is 5.17 Å². The van der Waals surface area contributed by atoms with Crippen molar-refractivity contribution in [1.82, 2.24) is 5.32 Å². The minimum Gasteiger partial charge on any atom is -0.305 e. The zero-order valence-corrected chi connectivity index (χ0v) is 10.9. The molecule has 4 nitrogen and oxygen atoms in total. The lowest BCUT2D eigenvalue weighted by Crippen LogP contribution is -2.23. The molecular weight excluding hydrogens is 248 g/mol. The van der Waals surface area contributed by atoms with E-state index in [1.165, 1.54) is 18.7 Å². The van der Waals surface area contributed by atoms with Crippen LogP contribution in [0.25, 0.3) is 6.08 Å². The van der Waals surface area contributed by atoms with E-state index in [2.05, 4.69) is 10.3 Å². The number of amidine groups is 1. The topological polar surface area (TPSA) is 58.5 Å². The van der Waals surface area contributed by atoms with Gasteiger partial charge in [0.1, 0.15) is 0 Å². The summed E-state index contributed by atoms with van der Waals surface area (Å²) < 4.78 is 0. The molecule has 0 unspecified atom stereocenters. The predicted molar refractivity (Wildman–Crippen MR) is 73.0 cm³/mol. The molecule has 0 aromatic heterocycles. The van der Waals surface area contributed by atoms with Crippen molar-refractivity contribution in [2.24, 2.45) is 4.99 Å². The van der Waals surface area contributed by atoms with Crippen LogP contribution in [0.5, 0.6) is 0 Å². The number of hydrogen-bond donors (Lipinski definition) is 1. The summed E-state index contributed by atoms with van der Waals surface area (Å²) in [5.41, 5.74) is 2.08. The summed E-state index contributed by atoms with van der Waals surface area (Å²) in [6, 6.07) is 7.83. The Balaban J connectivity index is 2.17. The van der Waals surface area contributed by atoms with Crippen molar-refractivity contribution < 1.29 is 9.59 Å². The third kappa shape index (κ3) is 3.07. The number of rotatable bonds is 1. The number of aliphatic imine (C=N–C) groups is 1. The molecule has 1 aliphatic rings. The molecule has 0 atom stereocenters. The fourth-order valence-corrected chi connectivity index (χ4v) is 2.38. The second kappa shape index (κ2) is 5.18. The minimum atomic E-state index is -0.315. The van der Waals surface area contributed by atoms with Crippen LogP contribution in [-0.4, -0.2) is 17.0 Å². The van der Waals surface area contributed by atoms with Crippen LogP contribution in [-0.2, 0) is 9.59 Å². The summed E-state index contributed by atoms with van der Waals surface area (Å²) in [5, 5.41) is 2.85. The number of amides is 2. The Labute approximate surface area is 109 Å². The zero-order valence-electron chi connectivity index (χ0n) is 10.1. The van der Waals surface area contributed by atoms with Crippen LogP contribution in [0.2, 0.25) is 0 Å². The van der Waals surface area contributed by atoms with Crippen LogP contribution in [0.1, 0.15) is 18.1 Å². The SMILES string of the molecule is CC(=O)NC1=NC(=O)/C(=C/c2cccc(C)c2)S1. The Kier molecular flexibility index (Phi) is 3.62. The summed E-state index contributed by atoms with van der Waals surface area (Å²) in [6.07, 6.45) is 1.78. The maximum absolute atomic E-state index is 11.6. The third-order valence-electron chi connectivity index (χ3n) is 2.24. The Morgan fingerprint density at radius 1 is 1.44 bits per heavy atom. The van der Waals surface area contributed by atoms with Gasteiger partial charge in [0.2, 0.25) is 5.91 Å². The van der Waals surface area contributed by atoms with E-state index in [0.29, 0.717) is 10.1 Å². The summed E-state index contributed by atoms with van der Waals surface area (Å²) in [4.78, 5) is 26.8. The lowest BCUT2D eigenvalue weighted by atomic mass is 10.1. The minimum absolute atomic E-state index is 0.231. The normalized spacial score (nSPS) is 16.9. The molecule has 2 rings (SSSR count). The largest absolute Gasteiger partial charge is 0.305 e. The van der Waals surface area contributed by atoms with Gasteiger partial charge in [-0.05, 0) is 30.3 Å². The molecule has 1 aliphatic heterocycles. The van der Waals surface area contributed by atoms with E-state index in [-0.39, 0.29) is 11.8 Å². The van der Waals surface area contributed by atoms with E-state index >= 15 is 0 Å². The number of hydrogen-bond acceptors (Lipinski definition) is 3. The smallest absolute Gasteiger partial charge is 0.286 e. The van der Waals surface area contributed by atoms with Gasteiger partial charge in [-0.1, -0.05) is 29.8 Å². The molecule has 0 fully saturated rings. The van der Waals surface area contributed by atoms with Crippen LogP contribution in [0.15, 0.2) is 34.2 Å². The molecule has 0 aliphatic carbocycles. The van der Waals surface area contributed by atoms with E-state index < -0.39 is 0 Å². The lowest BCUT2D eigenvalue weighted by molar-refractivity contribution is -0.117. The molecule has 1 aromatic rings. The maximum atomic E-state index is 11.6. The van der Waals surface area contributed by atoms with Gasteiger partial charge in [0.05, 0.1) is 4.91 Å². The van der Waals surface area contributed by atoms with Gasteiger partial charge in [0.25, 0.3) is 5.91 Å². The molecule has 1 heterocycles. The molecule has 5 heteroatoms. The lowest BCUT2D eigenvalue weighted by Gasteiger charge is -1.99. The van der Waals surface area contributed by atoms with E-state index in [4.69, 9.17) is 0 Å². The molecular formula is C13H12N2O2S. The van der Waals surface area contributed by atoms with Crippen molar-refractivity contribution in [2.75, 3.05) is 0 Å². The van der Waals surface area contributed by atoms with Crippen molar-refractivity contribution in [2.45, 2.75) is 13.8 Å². The predicted octanol–water partition coefficient (Wildman–Crippen LogP) is 2.10. The van der Waals surface area contributed by atoms with Crippen molar-refractivity contribution in [3.05, 3.63) is 40.3 Å². The highest BCUT2D eigenvalue weighted by Crippen LogP contribution is 2.27. The zero-order chi connectivity index (χ0) is 13.1. The van der Waals surface area contributed by atoms with E-state index in [9.17, 15) is 9.59 Å². The Morgan fingerprint density at radius 3 is 2.89 bits per heavy atom.